The maximum Gasteiger partial charge on any atom is 0.129 e. The summed E-state index contributed by atoms with van der Waals surface area (Å²) >= 11 is 2.15. The molecule has 1 aromatic rings. The van der Waals surface area contributed by atoms with Gasteiger partial charge in [-0.05, 0) is 53.6 Å². The van der Waals surface area contributed by atoms with Crippen molar-refractivity contribution in [3.05, 3.63) is 33.1 Å². The largest absolute Gasteiger partial charge is 0.385 e. The van der Waals surface area contributed by atoms with Crippen LogP contribution in [0.5, 0.6) is 0 Å². The van der Waals surface area contributed by atoms with E-state index in [0.29, 0.717) is 18.4 Å². The van der Waals surface area contributed by atoms with Crippen LogP contribution in [0.1, 0.15) is 37.7 Å². The van der Waals surface area contributed by atoms with Crippen molar-refractivity contribution in [1.82, 2.24) is 0 Å². The van der Waals surface area contributed by atoms with Crippen molar-refractivity contribution in [1.29, 1.82) is 0 Å². The molecule has 0 aliphatic heterocycles. The average Bonchev–Trinajstić information content (AvgIpc) is 2.23. The third-order valence-electron chi connectivity index (χ3n) is 3.11. The van der Waals surface area contributed by atoms with Crippen LogP contribution < -0.4 is 0 Å². The second kappa shape index (κ2) is 4.37. The minimum absolute atomic E-state index is 0.278. The van der Waals surface area contributed by atoms with Gasteiger partial charge in [0.05, 0.1) is 5.60 Å². The Balaban J connectivity index is 2.38. The van der Waals surface area contributed by atoms with Gasteiger partial charge in [-0.2, -0.15) is 0 Å². The third kappa shape index (κ3) is 2.33. The Morgan fingerprint density at radius 2 is 1.87 bits per heavy atom. The maximum absolute atomic E-state index is 13.6. The summed E-state index contributed by atoms with van der Waals surface area (Å²) in [6.45, 7) is 0. The van der Waals surface area contributed by atoms with E-state index in [1.807, 2.05) is 0 Å². The Morgan fingerprint density at radius 3 is 2.53 bits per heavy atom. The number of hydrogen-bond donors (Lipinski definition) is 1. The van der Waals surface area contributed by atoms with Gasteiger partial charge in [-0.1, -0.05) is 19.3 Å². The van der Waals surface area contributed by atoms with E-state index in [-0.39, 0.29) is 5.82 Å². The molecule has 1 saturated carbocycles. The molecule has 15 heavy (non-hydrogen) atoms. The number of halogens is 2. The van der Waals surface area contributed by atoms with Gasteiger partial charge in [-0.25, -0.2) is 4.39 Å². The maximum atomic E-state index is 13.6. The Bertz CT molecular complexity index is 359. The summed E-state index contributed by atoms with van der Waals surface area (Å²) in [5.41, 5.74) is -0.446. The van der Waals surface area contributed by atoms with E-state index in [1.54, 1.807) is 12.1 Å². The Labute approximate surface area is 103 Å². The predicted octanol–water partition coefficient (Wildman–Crippen LogP) is 3.58. The summed E-state index contributed by atoms with van der Waals surface area (Å²) in [4.78, 5) is 0. The highest BCUT2D eigenvalue weighted by atomic mass is 127. The Kier molecular flexibility index (Phi) is 3.30. The van der Waals surface area contributed by atoms with Gasteiger partial charge in [-0.15, -0.1) is 0 Å². The zero-order valence-electron chi connectivity index (χ0n) is 8.47. The number of rotatable bonds is 1. The smallest absolute Gasteiger partial charge is 0.129 e. The van der Waals surface area contributed by atoms with E-state index in [9.17, 15) is 9.50 Å². The first-order valence-corrected chi connectivity index (χ1v) is 6.38. The zero-order chi connectivity index (χ0) is 10.9. The van der Waals surface area contributed by atoms with Crippen LogP contribution in [0.3, 0.4) is 0 Å². The molecule has 0 atom stereocenters. The number of hydrogen-bond acceptors (Lipinski definition) is 1. The molecule has 82 valence electrons. The standard InChI is InChI=1S/C12H14FIO/c13-11-5-4-9(14)8-10(11)12(15)6-2-1-3-7-12/h4-5,8,15H,1-3,6-7H2. The van der Waals surface area contributed by atoms with E-state index in [2.05, 4.69) is 22.6 Å². The lowest BCUT2D eigenvalue weighted by atomic mass is 9.79. The van der Waals surface area contributed by atoms with Crippen LogP contribution in [0.2, 0.25) is 0 Å². The van der Waals surface area contributed by atoms with Crippen LogP contribution in [0.25, 0.3) is 0 Å². The predicted molar refractivity (Wildman–Crippen MR) is 66.1 cm³/mol. The second-order valence-electron chi connectivity index (χ2n) is 4.22. The lowest BCUT2D eigenvalue weighted by Crippen LogP contribution is -2.29. The molecule has 1 nitrogen and oxygen atoms in total. The minimum Gasteiger partial charge on any atom is -0.385 e. The molecular formula is C12H14FIO. The molecule has 0 amide bonds. The van der Waals surface area contributed by atoms with E-state index in [0.717, 1.165) is 22.8 Å². The summed E-state index contributed by atoms with van der Waals surface area (Å²) < 4.78 is 14.6. The number of benzene rings is 1. The molecule has 2 rings (SSSR count). The van der Waals surface area contributed by atoms with Crippen molar-refractivity contribution in [2.24, 2.45) is 0 Å². The zero-order valence-corrected chi connectivity index (χ0v) is 10.6. The van der Waals surface area contributed by atoms with Gasteiger partial charge < -0.3 is 5.11 Å². The highest BCUT2D eigenvalue weighted by Crippen LogP contribution is 2.38. The van der Waals surface area contributed by atoms with Crippen molar-refractivity contribution in [3.63, 3.8) is 0 Å². The van der Waals surface area contributed by atoms with Gasteiger partial charge in [-0.3, -0.25) is 0 Å². The highest BCUT2D eigenvalue weighted by molar-refractivity contribution is 14.1. The van der Waals surface area contributed by atoms with Crippen molar-refractivity contribution in [3.8, 4) is 0 Å². The lowest BCUT2D eigenvalue weighted by molar-refractivity contribution is -0.00379. The van der Waals surface area contributed by atoms with Gasteiger partial charge >= 0.3 is 0 Å². The summed E-state index contributed by atoms with van der Waals surface area (Å²) in [7, 11) is 0. The molecule has 0 aromatic heterocycles. The van der Waals surface area contributed by atoms with Crippen molar-refractivity contribution in [2.75, 3.05) is 0 Å². The summed E-state index contributed by atoms with van der Waals surface area (Å²) in [5, 5.41) is 10.4. The molecule has 0 unspecified atom stereocenters. The molecular weight excluding hydrogens is 306 g/mol. The SMILES string of the molecule is OC1(c2cc(I)ccc2F)CCCCC1. The fourth-order valence-corrected chi connectivity index (χ4v) is 2.75. The minimum atomic E-state index is -0.927. The van der Waals surface area contributed by atoms with Gasteiger partial charge in [0.2, 0.25) is 0 Å². The topological polar surface area (TPSA) is 20.2 Å². The highest BCUT2D eigenvalue weighted by Gasteiger charge is 2.33. The lowest BCUT2D eigenvalue weighted by Gasteiger charge is -2.32. The monoisotopic (exact) mass is 320 g/mol. The van der Waals surface area contributed by atoms with Gasteiger partial charge in [0.15, 0.2) is 0 Å². The summed E-state index contributed by atoms with van der Waals surface area (Å²) in [5.74, 6) is -0.278. The fraction of sp³-hybridized carbons (Fsp3) is 0.500. The van der Waals surface area contributed by atoms with Crippen molar-refractivity contribution in [2.45, 2.75) is 37.7 Å². The van der Waals surface area contributed by atoms with E-state index >= 15 is 0 Å². The van der Waals surface area contributed by atoms with Crippen molar-refractivity contribution < 1.29 is 9.50 Å². The molecule has 0 heterocycles. The molecule has 0 saturated heterocycles. The summed E-state index contributed by atoms with van der Waals surface area (Å²) in [6, 6.07) is 4.94. The molecule has 1 aliphatic rings. The Morgan fingerprint density at radius 1 is 1.20 bits per heavy atom. The van der Waals surface area contributed by atoms with Crippen LogP contribution in [0, 0.1) is 9.39 Å². The fourth-order valence-electron chi connectivity index (χ4n) is 2.26. The molecule has 3 heteroatoms. The van der Waals surface area contributed by atoms with Crippen LogP contribution in [0.4, 0.5) is 4.39 Å². The molecule has 0 bridgehead atoms. The van der Waals surface area contributed by atoms with Crippen LogP contribution in [0.15, 0.2) is 18.2 Å². The van der Waals surface area contributed by atoms with Gasteiger partial charge in [0, 0.05) is 9.13 Å². The number of aliphatic hydroxyl groups is 1. The molecule has 1 fully saturated rings. The van der Waals surface area contributed by atoms with Crippen LogP contribution >= 0.6 is 22.6 Å². The first-order valence-electron chi connectivity index (χ1n) is 5.30. The summed E-state index contributed by atoms with van der Waals surface area (Å²) in [6.07, 6.45) is 4.49. The van der Waals surface area contributed by atoms with E-state index in [1.165, 1.54) is 6.07 Å². The second-order valence-corrected chi connectivity index (χ2v) is 5.46. The van der Waals surface area contributed by atoms with Gasteiger partial charge in [0.25, 0.3) is 0 Å². The van der Waals surface area contributed by atoms with Gasteiger partial charge in [0.1, 0.15) is 5.82 Å². The molecule has 1 aromatic carbocycles. The van der Waals surface area contributed by atoms with Crippen LogP contribution in [-0.4, -0.2) is 5.11 Å². The van der Waals surface area contributed by atoms with Crippen molar-refractivity contribution >= 4 is 22.6 Å². The molecule has 1 N–H and O–H groups in total. The average molecular weight is 320 g/mol. The van der Waals surface area contributed by atoms with E-state index < -0.39 is 5.60 Å². The molecule has 1 aliphatic carbocycles. The first-order chi connectivity index (χ1) is 7.12. The van der Waals surface area contributed by atoms with Crippen LogP contribution in [-0.2, 0) is 5.60 Å². The van der Waals surface area contributed by atoms with E-state index in [4.69, 9.17) is 0 Å². The molecule has 0 spiro atoms. The normalized spacial score (nSPS) is 20.2. The third-order valence-corrected chi connectivity index (χ3v) is 3.78. The molecule has 0 radical (unpaired) electrons. The Hall–Kier alpha value is -0.160. The first kappa shape index (κ1) is 11.3. The quantitative estimate of drug-likeness (QED) is 0.784.